The third kappa shape index (κ3) is 5.27. The van der Waals surface area contributed by atoms with Gasteiger partial charge in [0.05, 0.1) is 18.1 Å². The van der Waals surface area contributed by atoms with Crippen molar-refractivity contribution in [2.24, 2.45) is 0 Å². The van der Waals surface area contributed by atoms with E-state index in [0.29, 0.717) is 12.0 Å². The maximum absolute atomic E-state index is 12.3. The Morgan fingerprint density at radius 3 is 2.58 bits per heavy atom. The fraction of sp³-hybridized carbons (Fsp3) is 0.500. The minimum atomic E-state index is -2.49. The van der Waals surface area contributed by atoms with Gasteiger partial charge in [0.1, 0.15) is 0 Å². The summed E-state index contributed by atoms with van der Waals surface area (Å²) in [6, 6.07) is 6.23. The average molecular weight is 274 g/mol. The molecule has 0 bridgehead atoms. The molecule has 0 heterocycles. The number of nitro benzene ring substituents is 1. The standard InChI is InChI=1S/C12H16F2N2O3/c13-12(14)9-15(7-8-17)6-5-10-3-1-2-4-11(10)16(18)19/h1-4,12,17H,5-9H2. The molecule has 1 aromatic rings. The molecular weight excluding hydrogens is 258 g/mol. The van der Waals surface area contributed by atoms with Crippen LogP contribution in [0.2, 0.25) is 0 Å². The third-order valence-electron chi connectivity index (χ3n) is 2.70. The fourth-order valence-electron chi connectivity index (χ4n) is 1.81. The lowest BCUT2D eigenvalue weighted by Gasteiger charge is -2.20. The SMILES string of the molecule is O=[N+]([O-])c1ccccc1CCN(CCO)CC(F)F. The second kappa shape index (κ2) is 7.75. The lowest BCUT2D eigenvalue weighted by Crippen LogP contribution is -2.33. The van der Waals surface area contributed by atoms with Gasteiger partial charge < -0.3 is 5.11 Å². The molecule has 0 amide bonds. The quantitative estimate of drug-likeness (QED) is 0.578. The molecule has 106 valence electrons. The normalized spacial score (nSPS) is 11.2. The fourth-order valence-corrected chi connectivity index (χ4v) is 1.81. The van der Waals surface area contributed by atoms with Crippen molar-refractivity contribution in [1.29, 1.82) is 0 Å². The number of halogens is 2. The molecule has 1 N–H and O–H groups in total. The lowest BCUT2D eigenvalue weighted by atomic mass is 10.1. The van der Waals surface area contributed by atoms with Crippen molar-refractivity contribution in [2.75, 3.05) is 26.2 Å². The summed E-state index contributed by atoms with van der Waals surface area (Å²) in [6.45, 7) is -0.286. The largest absolute Gasteiger partial charge is 0.395 e. The molecule has 0 aliphatic carbocycles. The van der Waals surface area contributed by atoms with Crippen molar-refractivity contribution in [3.8, 4) is 0 Å². The molecule has 0 saturated carbocycles. The van der Waals surface area contributed by atoms with Gasteiger partial charge in [0.2, 0.25) is 0 Å². The van der Waals surface area contributed by atoms with E-state index in [-0.39, 0.29) is 25.4 Å². The first-order valence-electron chi connectivity index (χ1n) is 5.88. The molecule has 0 atom stereocenters. The summed E-state index contributed by atoms with van der Waals surface area (Å²) in [5.41, 5.74) is 0.494. The Balaban J connectivity index is 2.65. The maximum atomic E-state index is 12.3. The van der Waals surface area contributed by atoms with Crippen LogP contribution in [0.1, 0.15) is 5.56 Å². The van der Waals surface area contributed by atoms with Gasteiger partial charge in [0, 0.05) is 24.7 Å². The summed E-state index contributed by atoms with van der Waals surface area (Å²) in [7, 11) is 0. The van der Waals surface area contributed by atoms with Crippen LogP contribution in [0.15, 0.2) is 24.3 Å². The minimum absolute atomic E-state index is 0.0107. The average Bonchev–Trinajstić information content (AvgIpc) is 2.36. The summed E-state index contributed by atoms with van der Waals surface area (Å²) in [5, 5.41) is 19.6. The number of aliphatic hydroxyl groups is 1. The molecule has 19 heavy (non-hydrogen) atoms. The minimum Gasteiger partial charge on any atom is -0.395 e. The van der Waals surface area contributed by atoms with E-state index in [1.807, 2.05) is 0 Å². The van der Waals surface area contributed by atoms with Gasteiger partial charge in [0.25, 0.3) is 12.1 Å². The Labute approximate surface area is 109 Å². The van der Waals surface area contributed by atoms with Crippen LogP contribution in [0.5, 0.6) is 0 Å². The number of aliphatic hydroxyl groups excluding tert-OH is 1. The van der Waals surface area contributed by atoms with Crippen molar-refractivity contribution in [3.05, 3.63) is 39.9 Å². The molecule has 0 unspecified atom stereocenters. The predicted molar refractivity (Wildman–Crippen MR) is 66.3 cm³/mol. The van der Waals surface area contributed by atoms with E-state index in [2.05, 4.69) is 0 Å². The van der Waals surface area contributed by atoms with Gasteiger partial charge >= 0.3 is 0 Å². The number of nitro groups is 1. The number of rotatable bonds is 8. The summed E-state index contributed by atoms with van der Waals surface area (Å²) in [4.78, 5) is 11.7. The van der Waals surface area contributed by atoms with Gasteiger partial charge in [-0.25, -0.2) is 8.78 Å². The first-order valence-corrected chi connectivity index (χ1v) is 5.88. The molecule has 0 radical (unpaired) electrons. The van der Waals surface area contributed by atoms with E-state index in [0.717, 1.165) is 0 Å². The first-order chi connectivity index (χ1) is 9.04. The van der Waals surface area contributed by atoms with Crippen molar-refractivity contribution in [1.82, 2.24) is 4.90 Å². The molecule has 1 aromatic carbocycles. The molecule has 0 aliphatic heterocycles. The first kappa shape index (κ1) is 15.5. The summed E-state index contributed by atoms with van der Waals surface area (Å²) in [6.07, 6.45) is -2.19. The van der Waals surface area contributed by atoms with Gasteiger partial charge in [-0.2, -0.15) is 0 Å². The van der Waals surface area contributed by atoms with Crippen LogP contribution in [-0.2, 0) is 6.42 Å². The van der Waals surface area contributed by atoms with Crippen LogP contribution in [0.3, 0.4) is 0 Å². The van der Waals surface area contributed by atoms with Crippen LogP contribution in [0, 0.1) is 10.1 Å². The summed E-state index contributed by atoms with van der Waals surface area (Å²) in [5.74, 6) is 0. The van der Waals surface area contributed by atoms with Gasteiger partial charge in [-0.15, -0.1) is 0 Å². The Hall–Kier alpha value is -1.60. The van der Waals surface area contributed by atoms with Gasteiger partial charge in [-0.1, -0.05) is 18.2 Å². The molecule has 1 rings (SSSR count). The summed E-state index contributed by atoms with van der Waals surface area (Å²) < 4.78 is 24.6. The smallest absolute Gasteiger partial charge is 0.272 e. The van der Waals surface area contributed by atoms with Crippen molar-refractivity contribution in [2.45, 2.75) is 12.8 Å². The highest BCUT2D eigenvalue weighted by Gasteiger charge is 2.15. The molecule has 5 nitrogen and oxygen atoms in total. The van der Waals surface area contributed by atoms with Crippen molar-refractivity contribution >= 4 is 5.69 Å². The van der Waals surface area contributed by atoms with Crippen LogP contribution < -0.4 is 0 Å². The Morgan fingerprint density at radius 2 is 2.00 bits per heavy atom. The second-order valence-corrected chi connectivity index (χ2v) is 4.05. The van der Waals surface area contributed by atoms with E-state index in [4.69, 9.17) is 5.11 Å². The molecule has 0 fully saturated rings. The van der Waals surface area contributed by atoms with Gasteiger partial charge in [-0.3, -0.25) is 15.0 Å². The van der Waals surface area contributed by atoms with Crippen molar-refractivity contribution in [3.63, 3.8) is 0 Å². The number of alkyl halides is 2. The second-order valence-electron chi connectivity index (χ2n) is 4.05. The molecule has 0 aliphatic rings. The van der Waals surface area contributed by atoms with Gasteiger partial charge in [0.15, 0.2) is 0 Å². The zero-order chi connectivity index (χ0) is 14.3. The Kier molecular flexibility index (Phi) is 6.31. The van der Waals surface area contributed by atoms with Crippen LogP contribution in [-0.4, -0.2) is 47.6 Å². The van der Waals surface area contributed by atoms with Gasteiger partial charge in [-0.05, 0) is 6.42 Å². The summed E-state index contributed by atoms with van der Waals surface area (Å²) >= 11 is 0. The zero-order valence-electron chi connectivity index (χ0n) is 10.3. The maximum Gasteiger partial charge on any atom is 0.272 e. The highest BCUT2D eigenvalue weighted by atomic mass is 19.3. The highest BCUT2D eigenvalue weighted by molar-refractivity contribution is 5.39. The van der Waals surface area contributed by atoms with E-state index < -0.39 is 17.9 Å². The number of hydrogen-bond donors (Lipinski definition) is 1. The monoisotopic (exact) mass is 274 g/mol. The highest BCUT2D eigenvalue weighted by Crippen LogP contribution is 2.18. The van der Waals surface area contributed by atoms with Crippen LogP contribution in [0.4, 0.5) is 14.5 Å². The van der Waals surface area contributed by atoms with Crippen LogP contribution >= 0.6 is 0 Å². The Morgan fingerprint density at radius 1 is 1.32 bits per heavy atom. The molecule has 0 aromatic heterocycles. The van der Waals surface area contributed by atoms with E-state index in [1.54, 1.807) is 18.2 Å². The molecule has 0 spiro atoms. The Bertz CT molecular complexity index is 416. The predicted octanol–water partition coefficient (Wildman–Crippen LogP) is 1.70. The molecule has 0 saturated heterocycles. The number of nitrogens with zero attached hydrogens (tertiary/aromatic N) is 2. The number of hydrogen-bond acceptors (Lipinski definition) is 4. The number of benzene rings is 1. The van der Waals surface area contributed by atoms with Crippen LogP contribution in [0.25, 0.3) is 0 Å². The molecular formula is C12H16F2N2O3. The van der Waals surface area contributed by atoms with E-state index in [9.17, 15) is 18.9 Å². The van der Waals surface area contributed by atoms with E-state index in [1.165, 1.54) is 11.0 Å². The van der Waals surface area contributed by atoms with E-state index >= 15 is 0 Å². The third-order valence-corrected chi connectivity index (χ3v) is 2.70. The zero-order valence-corrected chi connectivity index (χ0v) is 10.3. The lowest BCUT2D eigenvalue weighted by molar-refractivity contribution is -0.385. The topological polar surface area (TPSA) is 66.6 Å². The number of para-hydroxylation sites is 1. The molecule has 7 heteroatoms. The van der Waals surface area contributed by atoms with Crippen molar-refractivity contribution < 1.29 is 18.8 Å².